The quantitative estimate of drug-likeness (QED) is 0.443. The molecular weight excluding hydrogens is 431 g/mol. The van der Waals surface area contributed by atoms with E-state index in [1.54, 1.807) is 23.5 Å². The number of benzene rings is 2. The van der Waals surface area contributed by atoms with Gasteiger partial charge in [0, 0.05) is 36.3 Å². The number of methoxy groups -OCH3 is 1. The molecule has 0 fully saturated rings. The Morgan fingerprint density at radius 1 is 1.16 bits per heavy atom. The molecule has 2 aromatic carbocycles. The molecule has 0 bridgehead atoms. The van der Waals surface area contributed by atoms with E-state index >= 15 is 0 Å². The monoisotopic (exact) mass is 453 g/mol. The number of rotatable bonds is 10. The molecule has 31 heavy (non-hydrogen) atoms. The summed E-state index contributed by atoms with van der Waals surface area (Å²) in [7, 11) is 0.152. The fourth-order valence-corrected chi connectivity index (χ4v) is 4.35. The van der Waals surface area contributed by atoms with Crippen LogP contribution in [0, 0.1) is 11.7 Å². The molecule has 0 saturated carbocycles. The van der Waals surface area contributed by atoms with Gasteiger partial charge in [0.25, 0.3) is 5.89 Å². The number of aromatic nitrogens is 2. The lowest BCUT2D eigenvalue weighted by atomic mass is 10.1. The first-order valence-corrected chi connectivity index (χ1v) is 10.8. The van der Waals surface area contributed by atoms with Gasteiger partial charge in [0.05, 0.1) is 6.54 Å². The molecule has 0 amide bonds. The Morgan fingerprint density at radius 2 is 1.90 bits per heavy atom. The Balaban J connectivity index is 1.84. The summed E-state index contributed by atoms with van der Waals surface area (Å²) in [5, 5.41) is 6.78. The average Bonchev–Trinajstić information content (AvgIpc) is 3.24. The maximum atomic E-state index is 14.8. The molecule has 0 saturated heterocycles. The molecule has 0 aliphatic carbocycles. The summed E-state index contributed by atoms with van der Waals surface area (Å²) >= 11 is 0. The van der Waals surface area contributed by atoms with Gasteiger partial charge >= 0.3 is 6.43 Å². The second kappa shape index (κ2) is 10.5. The summed E-state index contributed by atoms with van der Waals surface area (Å²) in [4.78, 5) is 0. The summed E-state index contributed by atoms with van der Waals surface area (Å²) < 4.78 is 64.8. The Labute approximate surface area is 180 Å². The Kier molecular flexibility index (Phi) is 7.80. The van der Waals surface area contributed by atoms with E-state index in [4.69, 9.17) is 9.15 Å². The van der Waals surface area contributed by atoms with Gasteiger partial charge in [-0.2, -0.15) is 8.78 Å². The van der Waals surface area contributed by atoms with Gasteiger partial charge in [-0.3, -0.25) is 4.31 Å². The van der Waals surface area contributed by atoms with Crippen molar-refractivity contribution in [3.05, 3.63) is 65.8 Å². The van der Waals surface area contributed by atoms with Crippen LogP contribution in [0.2, 0.25) is 0 Å². The number of halogens is 3. The van der Waals surface area contributed by atoms with Gasteiger partial charge in [-0.05, 0) is 30.2 Å². The van der Waals surface area contributed by atoms with Crippen LogP contribution in [-0.4, -0.2) is 33.9 Å². The van der Waals surface area contributed by atoms with Gasteiger partial charge < -0.3 is 9.15 Å². The highest BCUT2D eigenvalue weighted by molar-refractivity contribution is 7.86. The number of para-hydroxylation sites is 1. The third kappa shape index (κ3) is 5.92. The maximum Gasteiger partial charge on any atom is 0.314 e. The predicted octanol–water partition coefficient (Wildman–Crippen LogP) is 4.77. The lowest BCUT2D eigenvalue weighted by Crippen LogP contribution is -2.30. The Morgan fingerprint density at radius 3 is 2.52 bits per heavy atom. The molecule has 6 nitrogen and oxygen atoms in total. The highest BCUT2D eigenvalue weighted by atomic mass is 32.2. The molecule has 1 heterocycles. The van der Waals surface area contributed by atoms with Crippen LogP contribution in [0.1, 0.15) is 24.8 Å². The molecule has 0 aliphatic rings. The molecule has 0 aliphatic heterocycles. The number of alkyl halides is 2. The van der Waals surface area contributed by atoms with Crippen molar-refractivity contribution in [3.63, 3.8) is 0 Å². The fourth-order valence-electron chi connectivity index (χ4n) is 2.94. The van der Waals surface area contributed by atoms with Gasteiger partial charge in [0.2, 0.25) is 5.89 Å². The predicted molar refractivity (Wildman–Crippen MR) is 111 cm³/mol. The highest BCUT2D eigenvalue weighted by Gasteiger charge is 2.21. The molecular formula is C21H22F3N3O3S. The van der Waals surface area contributed by atoms with E-state index in [9.17, 15) is 17.4 Å². The molecule has 0 spiro atoms. The van der Waals surface area contributed by atoms with Crippen molar-refractivity contribution in [1.29, 1.82) is 0 Å². The first kappa shape index (κ1) is 23.0. The number of ether oxygens (including phenoxy) is 1. The topological polar surface area (TPSA) is 68.5 Å². The number of hydrogen-bond acceptors (Lipinski definition) is 5. The largest absolute Gasteiger partial charge is 0.415 e. The zero-order valence-electron chi connectivity index (χ0n) is 17.0. The third-order valence-electron chi connectivity index (χ3n) is 4.41. The number of nitrogens with zero attached hydrogens (tertiary/aromatic N) is 3. The first-order chi connectivity index (χ1) is 14.9. The standard InChI is InChI=1S/C21H22F3N3O3S/c1-14(12-29-2)13-31(28)27(17-6-4-3-5-7-17)11-16-9-8-15(10-18(16)22)20-25-26-21(30-20)19(23)24/h3-10,14,19H,11-13H2,1-2H3. The average molecular weight is 453 g/mol. The van der Waals surface area contributed by atoms with E-state index < -0.39 is 29.1 Å². The molecule has 0 N–H and O–H groups in total. The summed E-state index contributed by atoms with van der Waals surface area (Å²) in [6, 6.07) is 13.2. The third-order valence-corrected chi connectivity index (χ3v) is 6.10. The summed E-state index contributed by atoms with van der Waals surface area (Å²) in [5.74, 6) is -1.23. The van der Waals surface area contributed by atoms with E-state index in [-0.39, 0.29) is 29.5 Å². The summed E-state index contributed by atoms with van der Waals surface area (Å²) in [6.07, 6.45) is -2.90. The van der Waals surface area contributed by atoms with Crippen molar-refractivity contribution in [1.82, 2.24) is 10.2 Å². The van der Waals surface area contributed by atoms with Crippen molar-refractivity contribution in [2.45, 2.75) is 19.9 Å². The van der Waals surface area contributed by atoms with E-state index in [1.165, 1.54) is 12.1 Å². The Hall–Kier alpha value is -2.72. The van der Waals surface area contributed by atoms with E-state index in [1.807, 2.05) is 25.1 Å². The number of hydrogen-bond donors (Lipinski definition) is 0. The SMILES string of the molecule is COCC(C)CS(=O)N(Cc1ccc(-c2nnc(C(F)F)o2)cc1F)c1ccccc1. The van der Waals surface area contributed by atoms with Crippen LogP contribution in [0.25, 0.3) is 11.5 Å². The van der Waals surface area contributed by atoms with Gasteiger partial charge in [0.15, 0.2) is 0 Å². The maximum absolute atomic E-state index is 14.8. The smallest absolute Gasteiger partial charge is 0.314 e. The molecule has 166 valence electrons. The lowest BCUT2D eigenvalue weighted by Gasteiger charge is -2.25. The zero-order valence-corrected chi connectivity index (χ0v) is 17.8. The minimum Gasteiger partial charge on any atom is -0.415 e. The second-order valence-corrected chi connectivity index (χ2v) is 8.39. The minimum absolute atomic E-state index is 0.0471. The Bertz CT molecular complexity index is 1020. The van der Waals surface area contributed by atoms with E-state index in [2.05, 4.69) is 10.2 Å². The molecule has 0 radical (unpaired) electrons. The second-order valence-electron chi connectivity index (χ2n) is 6.97. The van der Waals surface area contributed by atoms with Crippen LogP contribution >= 0.6 is 0 Å². The van der Waals surface area contributed by atoms with Gasteiger partial charge in [0.1, 0.15) is 16.8 Å². The van der Waals surface area contributed by atoms with Crippen molar-refractivity contribution in [2.24, 2.45) is 5.92 Å². The van der Waals surface area contributed by atoms with Gasteiger partial charge in [-0.1, -0.05) is 31.2 Å². The van der Waals surface area contributed by atoms with Crippen molar-refractivity contribution in [3.8, 4) is 11.5 Å². The van der Waals surface area contributed by atoms with Gasteiger partial charge in [-0.25, -0.2) is 8.60 Å². The van der Waals surface area contributed by atoms with Crippen LogP contribution in [0.5, 0.6) is 0 Å². The van der Waals surface area contributed by atoms with E-state index in [0.717, 1.165) is 6.07 Å². The first-order valence-electron chi connectivity index (χ1n) is 9.49. The van der Waals surface area contributed by atoms with Crippen LogP contribution in [0.15, 0.2) is 52.9 Å². The van der Waals surface area contributed by atoms with Crippen LogP contribution < -0.4 is 4.31 Å². The molecule has 3 aromatic rings. The lowest BCUT2D eigenvalue weighted by molar-refractivity contribution is 0.116. The highest BCUT2D eigenvalue weighted by Crippen LogP contribution is 2.27. The van der Waals surface area contributed by atoms with Crippen LogP contribution in [0.3, 0.4) is 0 Å². The van der Waals surface area contributed by atoms with Crippen LogP contribution in [0.4, 0.5) is 18.9 Å². The zero-order chi connectivity index (χ0) is 22.4. The summed E-state index contributed by atoms with van der Waals surface area (Å²) in [6.45, 7) is 2.44. The van der Waals surface area contributed by atoms with Crippen LogP contribution in [-0.2, 0) is 22.3 Å². The van der Waals surface area contributed by atoms with Gasteiger partial charge in [-0.15, -0.1) is 10.2 Å². The molecule has 1 aromatic heterocycles. The minimum atomic E-state index is -2.90. The van der Waals surface area contributed by atoms with Crippen molar-refractivity contribution < 1.29 is 26.5 Å². The summed E-state index contributed by atoms with van der Waals surface area (Å²) in [5.41, 5.74) is 1.16. The molecule has 10 heteroatoms. The normalized spacial score (nSPS) is 13.4. The van der Waals surface area contributed by atoms with Crippen molar-refractivity contribution in [2.75, 3.05) is 23.8 Å². The molecule has 2 unspecified atom stereocenters. The molecule has 2 atom stereocenters. The van der Waals surface area contributed by atoms with Crippen molar-refractivity contribution >= 4 is 16.7 Å². The number of anilines is 1. The fraction of sp³-hybridized carbons (Fsp3) is 0.333. The van der Waals surface area contributed by atoms with E-state index in [0.29, 0.717) is 18.0 Å². The molecule has 3 rings (SSSR count).